The average molecular weight is 877 g/mol. The van der Waals surface area contributed by atoms with Crippen LogP contribution in [0.3, 0.4) is 0 Å². The second-order valence-corrected chi connectivity index (χ2v) is 11.9. The van der Waals surface area contributed by atoms with E-state index in [4.69, 9.17) is 14.2 Å². The van der Waals surface area contributed by atoms with Gasteiger partial charge in [0.2, 0.25) is 0 Å². The van der Waals surface area contributed by atoms with Crippen molar-refractivity contribution < 1.29 is 28.9 Å². The second kappa shape index (κ2) is 11.7. The van der Waals surface area contributed by atoms with E-state index >= 15 is 0 Å². The van der Waals surface area contributed by atoms with E-state index in [0.29, 0.717) is 25.1 Å². The third-order valence-corrected chi connectivity index (χ3v) is 7.20. The summed E-state index contributed by atoms with van der Waals surface area (Å²) in [7, 11) is 0. The van der Waals surface area contributed by atoms with Gasteiger partial charge in [-0.15, -0.1) is 0 Å². The van der Waals surface area contributed by atoms with Crippen LogP contribution in [0.1, 0.15) is 26.3 Å². The molecule has 0 aliphatic heterocycles. The molecule has 168 valence electrons. The Bertz CT molecular complexity index is 931. The molecule has 0 saturated carbocycles. The van der Waals surface area contributed by atoms with Gasteiger partial charge in [-0.1, -0.05) is 0 Å². The molecular weight excluding hydrogens is 858 g/mol. The Hall–Kier alpha value is -0.300. The van der Waals surface area contributed by atoms with Crippen molar-refractivity contribution in [3.63, 3.8) is 0 Å². The molecule has 0 spiro atoms. The summed E-state index contributed by atoms with van der Waals surface area (Å²) in [5.41, 5.74) is 0.230. The molecule has 1 atom stereocenters. The van der Waals surface area contributed by atoms with Crippen LogP contribution < -0.4 is 10.1 Å². The average Bonchev–Trinajstić information content (AvgIpc) is 2.61. The maximum Gasteiger partial charge on any atom is 0.410 e. The molecule has 31 heavy (non-hydrogen) atoms. The number of benzene rings is 2. The lowest BCUT2D eigenvalue weighted by Gasteiger charge is -2.23. The number of rotatable bonds is 7. The van der Waals surface area contributed by atoms with Crippen LogP contribution in [0.15, 0.2) is 24.3 Å². The highest BCUT2D eigenvalue weighted by molar-refractivity contribution is 14.1. The number of nitrogens with one attached hydrogen (secondary N) is 1. The highest BCUT2D eigenvalue weighted by atomic mass is 127. The van der Waals surface area contributed by atoms with Crippen LogP contribution in [-0.2, 0) is 20.7 Å². The van der Waals surface area contributed by atoms with Crippen LogP contribution in [0.25, 0.3) is 0 Å². The van der Waals surface area contributed by atoms with Gasteiger partial charge < -0.3 is 19.3 Å². The first-order valence-electron chi connectivity index (χ1n) is 8.82. The Balaban J connectivity index is 2.20. The topological polar surface area (TPSA) is 94.1 Å². The first-order chi connectivity index (χ1) is 14.4. The number of carbonyl (C=O) groups is 2. The molecule has 2 aromatic carbocycles. The van der Waals surface area contributed by atoms with Crippen molar-refractivity contribution in [3.05, 3.63) is 44.1 Å². The molecule has 0 saturated heterocycles. The summed E-state index contributed by atoms with van der Waals surface area (Å²) in [4.78, 5) is 23.0. The fraction of sp³-hybridized carbons (Fsp3) is 0.300. The number of phenolic OH excluding ortho intramolecular Hbond substituents is 1. The zero-order valence-corrected chi connectivity index (χ0v) is 25.3. The minimum Gasteiger partial charge on any atom is -0.506 e. The van der Waals surface area contributed by atoms with Crippen LogP contribution in [0.5, 0.6) is 17.2 Å². The summed E-state index contributed by atoms with van der Waals surface area (Å²) < 4.78 is 19.4. The highest BCUT2D eigenvalue weighted by Crippen LogP contribution is 2.34. The maximum atomic E-state index is 12.1. The number of aromatic hydroxyl groups is 1. The Morgan fingerprint density at radius 2 is 1.52 bits per heavy atom. The van der Waals surface area contributed by atoms with E-state index in [1.54, 1.807) is 32.9 Å². The lowest BCUT2D eigenvalue weighted by atomic mass is 10.1. The maximum absolute atomic E-state index is 12.1. The van der Waals surface area contributed by atoms with Crippen molar-refractivity contribution in [3.8, 4) is 17.2 Å². The van der Waals surface area contributed by atoms with E-state index in [2.05, 4.69) is 95.7 Å². The monoisotopic (exact) mass is 877 g/mol. The summed E-state index contributed by atoms with van der Waals surface area (Å²) in [6.07, 6.45) is -1.27. The van der Waals surface area contributed by atoms with Crippen molar-refractivity contribution >= 4 is 103 Å². The van der Waals surface area contributed by atoms with Gasteiger partial charge >= 0.3 is 6.09 Å². The van der Waals surface area contributed by atoms with E-state index in [0.717, 1.165) is 12.7 Å². The molecular formula is C20H19I4NO6. The smallest absolute Gasteiger partial charge is 0.410 e. The Morgan fingerprint density at radius 1 is 1.03 bits per heavy atom. The summed E-state index contributed by atoms with van der Waals surface area (Å²) in [5.74, 6) is 1.47. The fourth-order valence-corrected chi connectivity index (χ4v) is 6.26. The number of halogens is 4. The number of hydrogen-bond acceptors (Lipinski definition) is 6. The minimum atomic E-state index is -0.874. The minimum absolute atomic E-state index is 0.228. The standard InChI is InChI=1S/C20H19I4NO6/c1-20(2,3)31-19(28)25-17(29-9-26)8-12-13(21)4-10(5-14(12)22)30-11-6-15(23)18(27)16(24)7-11/h4-7,9,17,27H,8H2,1-3H3,(H,25,28). The Kier molecular flexibility index (Phi) is 10.2. The SMILES string of the molecule is CC(C)(C)OC(=O)NC(Cc1c(I)cc(Oc2cc(I)c(O)c(I)c2)cc1I)OC=O. The fourth-order valence-electron chi connectivity index (χ4n) is 2.40. The van der Waals surface area contributed by atoms with Crippen molar-refractivity contribution in [2.45, 2.75) is 39.0 Å². The lowest BCUT2D eigenvalue weighted by Crippen LogP contribution is -2.41. The molecule has 7 nitrogen and oxygen atoms in total. The predicted octanol–water partition coefficient (Wildman–Crippen LogP) is 6.17. The number of ether oxygens (including phenoxy) is 3. The van der Waals surface area contributed by atoms with Crippen LogP contribution in [0.2, 0.25) is 0 Å². The van der Waals surface area contributed by atoms with Crippen LogP contribution >= 0.6 is 90.4 Å². The number of phenols is 1. The molecule has 1 amide bonds. The Morgan fingerprint density at radius 3 is 1.97 bits per heavy atom. The van der Waals surface area contributed by atoms with Gasteiger partial charge in [0, 0.05) is 13.6 Å². The van der Waals surface area contributed by atoms with Crippen molar-refractivity contribution in [2.24, 2.45) is 0 Å². The number of hydrogen-bond donors (Lipinski definition) is 2. The molecule has 0 bridgehead atoms. The van der Waals surface area contributed by atoms with E-state index in [-0.39, 0.29) is 12.2 Å². The zero-order chi connectivity index (χ0) is 23.3. The molecule has 0 aromatic heterocycles. The number of amides is 1. The van der Waals surface area contributed by atoms with E-state index < -0.39 is 17.9 Å². The van der Waals surface area contributed by atoms with Crippen LogP contribution in [-0.4, -0.2) is 29.5 Å². The second-order valence-electron chi connectivity index (χ2n) is 7.27. The predicted molar refractivity (Wildman–Crippen MR) is 150 cm³/mol. The Labute approximate surface area is 234 Å². The van der Waals surface area contributed by atoms with Crippen LogP contribution in [0.4, 0.5) is 4.79 Å². The van der Waals surface area contributed by atoms with Crippen molar-refractivity contribution in [2.75, 3.05) is 0 Å². The van der Waals surface area contributed by atoms with Crippen molar-refractivity contribution in [1.82, 2.24) is 5.32 Å². The van der Waals surface area contributed by atoms with E-state index in [1.807, 2.05) is 12.1 Å². The number of alkyl carbamates (subject to hydrolysis) is 1. The largest absolute Gasteiger partial charge is 0.506 e. The van der Waals surface area contributed by atoms with Crippen molar-refractivity contribution in [1.29, 1.82) is 0 Å². The van der Waals surface area contributed by atoms with Gasteiger partial charge in [0.25, 0.3) is 6.47 Å². The molecule has 2 aromatic rings. The summed E-state index contributed by atoms with van der Waals surface area (Å²) in [5, 5.41) is 12.5. The van der Waals surface area contributed by atoms with Gasteiger partial charge in [0.1, 0.15) is 22.8 Å². The first-order valence-corrected chi connectivity index (χ1v) is 13.1. The molecule has 0 aliphatic rings. The molecule has 2 N–H and O–H groups in total. The third kappa shape index (κ3) is 8.53. The molecule has 0 radical (unpaired) electrons. The molecule has 0 aliphatic carbocycles. The van der Waals surface area contributed by atoms with Gasteiger partial charge in [-0.25, -0.2) is 4.79 Å². The third-order valence-electron chi connectivity index (χ3n) is 3.63. The summed E-state index contributed by atoms with van der Waals surface area (Å²) in [6.45, 7) is 5.56. The molecule has 0 heterocycles. The lowest BCUT2D eigenvalue weighted by molar-refractivity contribution is -0.134. The quantitative estimate of drug-likeness (QED) is 0.197. The summed E-state index contributed by atoms with van der Waals surface area (Å²) in [6, 6.07) is 7.22. The first kappa shape index (κ1) is 26.9. The molecule has 11 heteroatoms. The van der Waals surface area contributed by atoms with Gasteiger partial charge in [-0.05, 0) is 141 Å². The summed E-state index contributed by atoms with van der Waals surface area (Å²) >= 11 is 8.45. The molecule has 0 fully saturated rings. The van der Waals surface area contributed by atoms with Gasteiger partial charge in [-0.3, -0.25) is 10.1 Å². The van der Waals surface area contributed by atoms with Crippen LogP contribution in [0, 0.1) is 14.3 Å². The highest BCUT2D eigenvalue weighted by Gasteiger charge is 2.22. The van der Waals surface area contributed by atoms with Gasteiger partial charge in [0.05, 0.1) is 7.14 Å². The van der Waals surface area contributed by atoms with Gasteiger partial charge in [0.15, 0.2) is 6.23 Å². The van der Waals surface area contributed by atoms with E-state index in [1.165, 1.54) is 0 Å². The van der Waals surface area contributed by atoms with E-state index in [9.17, 15) is 14.7 Å². The molecule has 2 rings (SSSR count). The normalized spacial score (nSPS) is 12.1. The van der Waals surface area contributed by atoms with Gasteiger partial charge in [-0.2, -0.15) is 0 Å². The molecule has 1 unspecified atom stereocenters. The number of carbonyl (C=O) groups excluding carboxylic acids is 2. The zero-order valence-electron chi connectivity index (χ0n) is 16.7.